The van der Waals surface area contributed by atoms with Crippen LogP contribution in [0.1, 0.15) is 0 Å². The van der Waals surface area contributed by atoms with E-state index in [9.17, 15) is 0 Å². The second-order valence-electron chi connectivity index (χ2n) is 7.87. The van der Waals surface area contributed by atoms with Crippen LogP contribution >= 0.6 is 16.4 Å². The molecule has 6 aromatic rings. The van der Waals surface area contributed by atoms with Gasteiger partial charge in [-0.1, -0.05) is 53.6 Å². The Hall–Kier alpha value is -3.37. The second-order valence-corrected chi connectivity index (χ2v) is 10.2. The van der Waals surface area contributed by atoms with Crippen LogP contribution in [0.3, 0.4) is 0 Å². The molecule has 0 saturated carbocycles. The van der Waals surface area contributed by atoms with Crippen LogP contribution in [0.4, 0.5) is 0 Å². The van der Waals surface area contributed by atoms with Crippen molar-refractivity contribution < 1.29 is 20.4 Å². The molecule has 0 amide bonds. The fourth-order valence-electron chi connectivity index (χ4n) is 3.65. The van der Waals surface area contributed by atoms with Crippen LogP contribution in [0.15, 0.2) is 133 Å². The van der Waals surface area contributed by atoms with Gasteiger partial charge in [0.2, 0.25) is 0 Å². The number of aromatic nitrogens is 3. The number of hydrogen-bond acceptors (Lipinski definition) is 3. The first-order valence-electron chi connectivity index (χ1n) is 11.6. The van der Waals surface area contributed by atoms with Crippen molar-refractivity contribution in [3.05, 3.63) is 139 Å². The van der Waals surface area contributed by atoms with Crippen LogP contribution < -0.4 is 0 Å². The molecule has 1 radical (unpaired) electrons. The van der Waals surface area contributed by atoms with E-state index in [4.69, 9.17) is 4.98 Å². The molecular formula is C31H24N3P2Re+. The predicted octanol–water partition coefficient (Wildman–Crippen LogP) is 8.65. The molecule has 0 spiro atoms. The van der Waals surface area contributed by atoms with Gasteiger partial charge in [-0.15, -0.1) is 24.3 Å². The van der Waals surface area contributed by atoms with Gasteiger partial charge in [0.15, 0.2) is 10.6 Å². The van der Waals surface area contributed by atoms with Gasteiger partial charge in [0.05, 0.1) is 0 Å². The predicted molar refractivity (Wildman–Crippen MR) is 155 cm³/mol. The van der Waals surface area contributed by atoms with Crippen LogP contribution in [-0.2, 0) is 20.4 Å². The average molecular weight is 687 g/mol. The summed E-state index contributed by atoms with van der Waals surface area (Å²) < 4.78 is 0. The molecule has 5 aromatic heterocycles. The number of nitrogens with zero attached hydrogens (tertiary/aromatic N) is 3. The molecule has 0 N–H and O–H groups in total. The van der Waals surface area contributed by atoms with Gasteiger partial charge in [-0.05, 0) is 48.5 Å². The molecule has 0 aliphatic carbocycles. The smallest absolute Gasteiger partial charge is 0.171 e. The van der Waals surface area contributed by atoms with E-state index in [1.165, 1.54) is 10.6 Å². The Morgan fingerprint density at radius 3 is 1.57 bits per heavy atom. The van der Waals surface area contributed by atoms with Crippen molar-refractivity contribution in [3.63, 3.8) is 0 Å². The molecule has 37 heavy (non-hydrogen) atoms. The summed E-state index contributed by atoms with van der Waals surface area (Å²) in [5, 5.41) is 2.58. The van der Waals surface area contributed by atoms with Gasteiger partial charge in [0.1, 0.15) is 39.4 Å². The fraction of sp³-hybridized carbons (Fsp3) is 0. The maximum atomic E-state index is 4.83. The topological polar surface area (TPSA) is 38.7 Å². The maximum absolute atomic E-state index is 4.83. The van der Waals surface area contributed by atoms with E-state index in [1.807, 2.05) is 66.9 Å². The molecule has 6 heteroatoms. The van der Waals surface area contributed by atoms with Gasteiger partial charge in [0.25, 0.3) is 0 Å². The van der Waals surface area contributed by atoms with E-state index < -0.39 is 0 Å². The van der Waals surface area contributed by atoms with Crippen LogP contribution in [0.5, 0.6) is 0 Å². The molecule has 3 nitrogen and oxygen atoms in total. The molecule has 0 aliphatic rings. The second kappa shape index (κ2) is 13.8. The van der Waals surface area contributed by atoms with Gasteiger partial charge < -0.3 is 0 Å². The summed E-state index contributed by atoms with van der Waals surface area (Å²) in [5.74, 6) is 4.35. The van der Waals surface area contributed by atoms with E-state index in [0.717, 1.165) is 42.1 Å². The third-order valence-corrected chi connectivity index (χ3v) is 7.58. The van der Waals surface area contributed by atoms with E-state index in [-0.39, 0.29) is 20.4 Å². The van der Waals surface area contributed by atoms with Crippen molar-refractivity contribution in [2.24, 2.45) is 0 Å². The standard InChI is InChI=1S/C21H14N2P.C10H8NP.Re/c1-3-13-22-18(9-1)16-7-5-8-17(15-16)19-10-6-11-20(23-19)21-12-2-4-14-24-21;1-3-7-11-9(5-1)10-6-2-4-8-12-10;/h1-14H;1-8H;/q-1;;/p+2. The summed E-state index contributed by atoms with van der Waals surface area (Å²) in [6.45, 7) is 0. The first kappa shape index (κ1) is 26.7. The molecule has 0 bridgehead atoms. The minimum atomic E-state index is 0. The normalized spacial score (nSPS) is 10.4. The summed E-state index contributed by atoms with van der Waals surface area (Å²) in [4.78, 5) is 13.5. The summed E-state index contributed by atoms with van der Waals surface area (Å²) in [6.07, 6.45) is 3.63. The van der Waals surface area contributed by atoms with Crippen molar-refractivity contribution in [2.75, 3.05) is 0 Å². The Labute approximate surface area is 234 Å². The Bertz CT molecular complexity index is 1400. The monoisotopic (exact) mass is 687 g/mol. The summed E-state index contributed by atoms with van der Waals surface area (Å²) in [7, 11) is 1.42. The summed E-state index contributed by atoms with van der Waals surface area (Å²) >= 11 is 0. The van der Waals surface area contributed by atoms with Gasteiger partial charge >= 0.3 is 0 Å². The van der Waals surface area contributed by atoms with E-state index in [1.54, 1.807) is 6.20 Å². The molecule has 2 unspecified atom stereocenters. The molecule has 5 heterocycles. The minimum Gasteiger partial charge on any atom is -0.295 e. The minimum absolute atomic E-state index is 0. The van der Waals surface area contributed by atoms with E-state index >= 15 is 0 Å². The van der Waals surface area contributed by atoms with Crippen molar-refractivity contribution in [2.45, 2.75) is 0 Å². The quantitative estimate of drug-likeness (QED) is 0.174. The van der Waals surface area contributed by atoms with Crippen LogP contribution in [-0.4, -0.2) is 15.0 Å². The zero-order valence-electron chi connectivity index (χ0n) is 19.9. The van der Waals surface area contributed by atoms with Crippen molar-refractivity contribution >= 4 is 16.4 Å². The summed E-state index contributed by atoms with van der Waals surface area (Å²) in [5.41, 5.74) is 5.95. The van der Waals surface area contributed by atoms with E-state index in [0.29, 0.717) is 8.19 Å². The van der Waals surface area contributed by atoms with E-state index in [2.05, 4.69) is 76.2 Å². The van der Waals surface area contributed by atoms with Gasteiger partial charge in [-0.3, -0.25) is 15.0 Å². The number of pyridine rings is 3. The molecule has 0 fully saturated rings. The van der Waals surface area contributed by atoms with Crippen LogP contribution in [0, 0.1) is 6.07 Å². The third-order valence-electron chi connectivity index (χ3n) is 5.40. The molecule has 2 atom stereocenters. The van der Waals surface area contributed by atoms with Crippen molar-refractivity contribution in [1.29, 1.82) is 0 Å². The molecule has 6 rings (SSSR count). The maximum Gasteiger partial charge on any atom is 0.171 e. The largest absolute Gasteiger partial charge is 0.295 e. The molecular weight excluding hydrogens is 663 g/mol. The van der Waals surface area contributed by atoms with Crippen molar-refractivity contribution in [1.82, 2.24) is 15.0 Å². The summed E-state index contributed by atoms with van der Waals surface area (Å²) in [6, 6.07) is 40.1. The molecule has 0 saturated heterocycles. The average Bonchev–Trinajstić information content (AvgIpc) is 2.99. The third kappa shape index (κ3) is 7.33. The van der Waals surface area contributed by atoms with Crippen LogP contribution in [0.2, 0.25) is 0 Å². The number of benzene rings is 1. The first-order valence-corrected chi connectivity index (χ1v) is 13.8. The van der Waals surface area contributed by atoms with Crippen molar-refractivity contribution in [3.8, 4) is 44.5 Å². The molecule has 179 valence electrons. The zero-order chi connectivity index (χ0) is 24.4. The molecule has 1 aromatic carbocycles. The van der Waals surface area contributed by atoms with Gasteiger partial charge in [-0.2, -0.15) is 0 Å². The first-order chi connectivity index (χ1) is 17.9. The Morgan fingerprint density at radius 2 is 0.973 bits per heavy atom. The van der Waals surface area contributed by atoms with Gasteiger partial charge in [-0.25, -0.2) is 0 Å². The zero-order valence-corrected chi connectivity index (χ0v) is 24.6. The Morgan fingerprint density at radius 1 is 0.459 bits per heavy atom. The Balaban J connectivity index is 0.000000208. The fourth-order valence-corrected chi connectivity index (χ4v) is 5.39. The van der Waals surface area contributed by atoms with Crippen LogP contribution in [0.25, 0.3) is 44.5 Å². The number of hydrogen-bond donors (Lipinski definition) is 0. The number of rotatable bonds is 4. The molecule has 0 aliphatic heterocycles. The van der Waals surface area contributed by atoms with Gasteiger partial charge in [0, 0.05) is 44.2 Å². The Kier molecular flexibility index (Phi) is 9.96. The SMILES string of the molecule is [Re].[c-]1c(-c2ccccn2)cccc1-c1cccc(-c2cccc[pH+]2)n1.c1ccc(-c2cccc[pH+]2)nc1.